The number of fused-ring (bicyclic) bond motifs is 1. The molecule has 3 aromatic rings. The molecule has 0 unspecified atom stereocenters. The molecule has 0 saturated heterocycles. The molecule has 0 aliphatic rings. The highest BCUT2D eigenvalue weighted by Crippen LogP contribution is 2.33. The van der Waals surface area contributed by atoms with Gasteiger partial charge in [0.05, 0.1) is 9.72 Å². The van der Waals surface area contributed by atoms with Gasteiger partial charge in [0.2, 0.25) is 0 Å². The van der Waals surface area contributed by atoms with Gasteiger partial charge in [-0.3, -0.25) is 9.69 Å². The van der Waals surface area contributed by atoms with Crippen LogP contribution in [0.5, 0.6) is 0 Å². The summed E-state index contributed by atoms with van der Waals surface area (Å²) in [5.41, 5.74) is 1.28. The summed E-state index contributed by atoms with van der Waals surface area (Å²) in [6, 6.07) is 12.7. The standard InChI is InChI=1S/C20H21Cl2N3OS/c1-3-24(4-2)11-12-25(19(26)14-7-5-8-15(21)13-14)20-23-18-16(22)9-6-10-17(18)27-20/h5-10,13H,3-4,11-12H2,1-2H3. The van der Waals surface area contributed by atoms with Crippen LogP contribution in [-0.4, -0.2) is 42.0 Å². The van der Waals surface area contributed by atoms with Crippen molar-refractivity contribution in [1.82, 2.24) is 9.88 Å². The number of likely N-dealkylation sites (N-methyl/N-ethyl adjacent to an activating group) is 1. The quantitative estimate of drug-likeness (QED) is 0.498. The first-order chi connectivity index (χ1) is 13.0. The maximum atomic E-state index is 13.2. The Morgan fingerprint density at radius 1 is 1.07 bits per heavy atom. The monoisotopic (exact) mass is 421 g/mol. The Kier molecular flexibility index (Phi) is 6.71. The summed E-state index contributed by atoms with van der Waals surface area (Å²) in [7, 11) is 0. The molecule has 0 aliphatic carbocycles. The van der Waals surface area contributed by atoms with E-state index in [0.29, 0.717) is 27.3 Å². The van der Waals surface area contributed by atoms with Gasteiger partial charge in [0, 0.05) is 23.7 Å². The molecule has 142 valence electrons. The number of para-hydroxylation sites is 1. The summed E-state index contributed by atoms with van der Waals surface area (Å²) in [6.45, 7) is 7.41. The molecule has 1 aromatic heterocycles. The maximum absolute atomic E-state index is 13.2. The van der Waals surface area contributed by atoms with Gasteiger partial charge >= 0.3 is 0 Å². The van der Waals surface area contributed by atoms with Crippen molar-refractivity contribution in [3.05, 3.63) is 58.1 Å². The van der Waals surface area contributed by atoms with Crippen molar-refractivity contribution in [2.24, 2.45) is 0 Å². The molecule has 0 bridgehead atoms. The lowest BCUT2D eigenvalue weighted by atomic mass is 10.2. The zero-order chi connectivity index (χ0) is 19.4. The predicted molar refractivity (Wildman–Crippen MR) is 116 cm³/mol. The van der Waals surface area contributed by atoms with Gasteiger partial charge in [-0.15, -0.1) is 0 Å². The second-order valence-corrected chi connectivity index (χ2v) is 7.93. The van der Waals surface area contributed by atoms with Gasteiger partial charge in [-0.1, -0.05) is 60.5 Å². The van der Waals surface area contributed by atoms with Crippen molar-refractivity contribution in [2.45, 2.75) is 13.8 Å². The molecule has 0 saturated carbocycles. The molecule has 0 spiro atoms. The maximum Gasteiger partial charge on any atom is 0.260 e. The molecule has 0 aliphatic heterocycles. The number of rotatable bonds is 7. The Morgan fingerprint density at radius 2 is 1.81 bits per heavy atom. The first kappa shape index (κ1) is 20.1. The van der Waals surface area contributed by atoms with E-state index in [1.165, 1.54) is 11.3 Å². The number of carbonyl (C=O) groups excluding carboxylic acids is 1. The van der Waals surface area contributed by atoms with E-state index in [1.54, 1.807) is 29.2 Å². The second-order valence-electron chi connectivity index (χ2n) is 6.08. The number of nitrogens with zero attached hydrogens (tertiary/aromatic N) is 3. The summed E-state index contributed by atoms with van der Waals surface area (Å²) in [4.78, 5) is 21.9. The number of anilines is 1. The fourth-order valence-corrected chi connectivity index (χ4v) is 4.34. The minimum atomic E-state index is -0.111. The van der Waals surface area contributed by atoms with Gasteiger partial charge < -0.3 is 4.90 Å². The molecule has 4 nitrogen and oxygen atoms in total. The highest BCUT2D eigenvalue weighted by atomic mass is 35.5. The molecule has 0 atom stereocenters. The molecule has 1 amide bonds. The lowest BCUT2D eigenvalue weighted by Gasteiger charge is -2.24. The molecule has 7 heteroatoms. The third kappa shape index (κ3) is 4.61. The van der Waals surface area contributed by atoms with E-state index in [9.17, 15) is 4.79 Å². The van der Waals surface area contributed by atoms with Crippen LogP contribution in [-0.2, 0) is 0 Å². The van der Waals surface area contributed by atoms with Crippen LogP contribution in [0.4, 0.5) is 5.13 Å². The number of aromatic nitrogens is 1. The van der Waals surface area contributed by atoms with Gasteiger partial charge in [0.25, 0.3) is 5.91 Å². The Balaban J connectivity index is 1.97. The Labute approximate surface area is 173 Å². The van der Waals surface area contributed by atoms with Crippen molar-refractivity contribution in [3.63, 3.8) is 0 Å². The van der Waals surface area contributed by atoms with E-state index in [1.807, 2.05) is 18.2 Å². The van der Waals surface area contributed by atoms with Crippen LogP contribution in [0.1, 0.15) is 24.2 Å². The number of thiazole rings is 1. The van der Waals surface area contributed by atoms with Crippen molar-refractivity contribution in [1.29, 1.82) is 0 Å². The molecule has 3 rings (SSSR count). The van der Waals surface area contributed by atoms with Crippen molar-refractivity contribution in [3.8, 4) is 0 Å². The number of amides is 1. The highest BCUT2D eigenvalue weighted by molar-refractivity contribution is 7.22. The minimum Gasteiger partial charge on any atom is -0.302 e. The first-order valence-corrected chi connectivity index (χ1v) is 10.5. The van der Waals surface area contributed by atoms with Crippen molar-refractivity contribution < 1.29 is 4.79 Å². The van der Waals surface area contributed by atoms with Gasteiger partial charge in [-0.2, -0.15) is 0 Å². The normalized spacial score (nSPS) is 11.3. The number of carbonyl (C=O) groups is 1. The van der Waals surface area contributed by atoms with Gasteiger partial charge in [-0.25, -0.2) is 4.98 Å². The topological polar surface area (TPSA) is 36.4 Å². The molecular formula is C20H21Cl2N3OS. The lowest BCUT2D eigenvalue weighted by Crippen LogP contribution is -2.38. The van der Waals surface area contributed by atoms with Crippen LogP contribution in [0.25, 0.3) is 10.2 Å². The number of halogens is 2. The third-order valence-electron chi connectivity index (χ3n) is 4.44. The average molecular weight is 422 g/mol. The molecule has 0 fully saturated rings. The van der Waals surface area contributed by atoms with Crippen LogP contribution in [0.2, 0.25) is 10.0 Å². The summed E-state index contributed by atoms with van der Waals surface area (Å²) < 4.78 is 0.962. The van der Waals surface area contributed by atoms with E-state index in [0.717, 1.165) is 29.9 Å². The van der Waals surface area contributed by atoms with Gasteiger partial charge in [0.1, 0.15) is 5.52 Å². The van der Waals surface area contributed by atoms with Gasteiger partial charge in [-0.05, 0) is 43.4 Å². The van der Waals surface area contributed by atoms with E-state index >= 15 is 0 Å². The van der Waals surface area contributed by atoms with E-state index in [-0.39, 0.29) is 5.91 Å². The fraction of sp³-hybridized carbons (Fsp3) is 0.300. The molecule has 1 heterocycles. The second kappa shape index (κ2) is 9.02. The van der Waals surface area contributed by atoms with Crippen LogP contribution in [0.3, 0.4) is 0 Å². The molecule has 27 heavy (non-hydrogen) atoms. The zero-order valence-corrected chi connectivity index (χ0v) is 17.6. The third-order valence-corrected chi connectivity index (χ3v) is 6.02. The summed E-state index contributed by atoms with van der Waals surface area (Å²) >= 11 is 13.8. The molecular weight excluding hydrogens is 401 g/mol. The summed E-state index contributed by atoms with van der Waals surface area (Å²) in [5, 5.41) is 1.78. The molecule has 2 aromatic carbocycles. The molecule has 0 N–H and O–H groups in total. The van der Waals surface area contributed by atoms with Crippen LogP contribution in [0.15, 0.2) is 42.5 Å². The van der Waals surface area contributed by atoms with Crippen LogP contribution >= 0.6 is 34.5 Å². The van der Waals surface area contributed by atoms with E-state index < -0.39 is 0 Å². The SMILES string of the molecule is CCN(CC)CCN(C(=O)c1cccc(Cl)c1)c1nc2c(Cl)cccc2s1. The van der Waals surface area contributed by atoms with Crippen LogP contribution in [0, 0.1) is 0 Å². The Hall–Kier alpha value is -1.66. The van der Waals surface area contributed by atoms with Crippen molar-refractivity contribution in [2.75, 3.05) is 31.1 Å². The predicted octanol–water partition coefficient (Wildman–Crippen LogP) is 5.59. The fourth-order valence-electron chi connectivity index (χ4n) is 2.86. The average Bonchev–Trinajstić information content (AvgIpc) is 3.10. The summed E-state index contributed by atoms with van der Waals surface area (Å²) in [5.74, 6) is -0.111. The smallest absolute Gasteiger partial charge is 0.260 e. The minimum absolute atomic E-state index is 0.111. The number of benzene rings is 2. The first-order valence-electron chi connectivity index (χ1n) is 8.88. The number of hydrogen-bond donors (Lipinski definition) is 0. The number of hydrogen-bond acceptors (Lipinski definition) is 4. The zero-order valence-electron chi connectivity index (χ0n) is 15.3. The Morgan fingerprint density at radius 3 is 2.48 bits per heavy atom. The van der Waals surface area contributed by atoms with Gasteiger partial charge in [0.15, 0.2) is 5.13 Å². The largest absolute Gasteiger partial charge is 0.302 e. The van der Waals surface area contributed by atoms with E-state index in [2.05, 4.69) is 23.7 Å². The lowest BCUT2D eigenvalue weighted by molar-refractivity contribution is 0.0984. The highest BCUT2D eigenvalue weighted by Gasteiger charge is 2.22. The van der Waals surface area contributed by atoms with Crippen LogP contribution < -0.4 is 4.90 Å². The summed E-state index contributed by atoms with van der Waals surface area (Å²) in [6.07, 6.45) is 0. The molecule has 0 radical (unpaired) electrons. The Bertz CT molecular complexity index is 940. The van der Waals surface area contributed by atoms with E-state index in [4.69, 9.17) is 23.2 Å². The van der Waals surface area contributed by atoms with Crippen molar-refractivity contribution >= 4 is 55.8 Å².